The molecule has 0 aliphatic heterocycles. The fourth-order valence-electron chi connectivity index (χ4n) is 3.03. The summed E-state index contributed by atoms with van der Waals surface area (Å²) < 4.78 is 21.1. The molecule has 0 amide bonds. The van der Waals surface area contributed by atoms with Crippen molar-refractivity contribution in [2.24, 2.45) is 12.0 Å². The number of ether oxygens (including phenoxy) is 1. The van der Waals surface area contributed by atoms with Gasteiger partial charge < -0.3 is 15.4 Å². The number of pyridine rings is 1. The first kappa shape index (κ1) is 21.3. The lowest BCUT2D eigenvalue weighted by Gasteiger charge is -2.13. The lowest BCUT2D eigenvalue weighted by atomic mass is 10.2. The highest BCUT2D eigenvalue weighted by atomic mass is 19.1. The Morgan fingerprint density at radius 1 is 1.20 bits per heavy atom. The quantitative estimate of drug-likeness (QED) is 0.460. The van der Waals surface area contributed by atoms with E-state index in [0.29, 0.717) is 30.7 Å². The molecule has 0 spiro atoms. The van der Waals surface area contributed by atoms with E-state index in [1.54, 1.807) is 18.3 Å². The van der Waals surface area contributed by atoms with Crippen LogP contribution in [-0.4, -0.2) is 27.3 Å². The van der Waals surface area contributed by atoms with Crippen LogP contribution in [-0.2, 0) is 20.1 Å². The molecule has 158 valence electrons. The first-order chi connectivity index (χ1) is 14.5. The number of hydrogen-bond acceptors (Lipinski definition) is 4. The maximum absolute atomic E-state index is 13.4. The predicted octanol–water partition coefficient (Wildman–Crippen LogP) is 3.62. The molecule has 30 heavy (non-hydrogen) atoms. The van der Waals surface area contributed by atoms with Crippen molar-refractivity contribution in [2.75, 3.05) is 6.54 Å². The monoisotopic (exact) mass is 410 g/mol. The van der Waals surface area contributed by atoms with Gasteiger partial charge in [-0.25, -0.2) is 14.4 Å². The summed E-state index contributed by atoms with van der Waals surface area (Å²) >= 11 is 0. The minimum absolute atomic E-state index is 0.359. The average molecular weight is 410 g/mol. The molecule has 0 saturated heterocycles. The first-order valence-electron chi connectivity index (χ1n) is 9.86. The van der Waals surface area contributed by atoms with Crippen molar-refractivity contribution in [3.63, 3.8) is 0 Å². The summed E-state index contributed by atoms with van der Waals surface area (Å²) in [6, 6.07) is 9.70. The van der Waals surface area contributed by atoms with Crippen LogP contribution in [0.4, 0.5) is 4.39 Å². The topological polar surface area (TPSA) is 76.4 Å². The van der Waals surface area contributed by atoms with E-state index in [1.165, 1.54) is 12.1 Å². The largest absolute Gasteiger partial charge is 0.439 e. The number of halogens is 1. The number of nitrogens with zero attached hydrogens (tertiary/aromatic N) is 4. The molecule has 0 unspecified atom stereocenters. The normalized spacial score (nSPS) is 11.4. The van der Waals surface area contributed by atoms with Gasteiger partial charge in [0.05, 0.1) is 12.2 Å². The Bertz CT molecular complexity index is 1030. The van der Waals surface area contributed by atoms with E-state index >= 15 is 0 Å². The third kappa shape index (κ3) is 5.34. The number of benzene rings is 1. The van der Waals surface area contributed by atoms with Crippen molar-refractivity contribution in [2.45, 2.75) is 33.9 Å². The number of guanidine groups is 1. The number of nitrogens with one attached hydrogen (secondary N) is 2. The highest BCUT2D eigenvalue weighted by Gasteiger charge is 2.11. The standard InChI is InChI=1S/C22H27FN6O/c1-5-24-22(27-14-20-15(2)28-29(4)16(20)3)26-13-17-8-7-11-25-21(17)30-19-10-6-9-18(23)12-19/h6-12H,5,13-14H2,1-4H3,(H2,24,26,27). The zero-order chi connectivity index (χ0) is 21.5. The zero-order valence-electron chi connectivity index (χ0n) is 17.7. The summed E-state index contributed by atoms with van der Waals surface area (Å²) in [7, 11) is 1.94. The van der Waals surface area contributed by atoms with Crippen molar-refractivity contribution in [1.82, 2.24) is 25.4 Å². The van der Waals surface area contributed by atoms with Crippen LogP contribution in [0.1, 0.15) is 29.4 Å². The summed E-state index contributed by atoms with van der Waals surface area (Å²) in [5.74, 6) is 1.12. The van der Waals surface area contributed by atoms with Gasteiger partial charge in [0.1, 0.15) is 11.6 Å². The molecule has 0 radical (unpaired) electrons. The van der Waals surface area contributed by atoms with Crippen LogP contribution in [0.15, 0.2) is 47.6 Å². The van der Waals surface area contributed by atoms with Crippen LogP contribution in [0.3, 0.4) is 0 Å². The van der Waals surface area contributed by atoms with Crippen LogP contribution in [0, 0.1) is 19.7 Å². The zero-order valence-corrected chi connectivity index (χ0v) is 17.7. The van der Waals surface area contributed by atoms with Gasteiger partial charge in [0.25, 0.3) is 0 Å². The summed E-state index contributed by atoms with van der Waals surface area (Å²) in [4.78, 5) is 8.94. The van der Waals surface area contributed by atoms with Crippen molar-refractivity contribution in [1.29, 1.82) is 0 Å². The van der Waals surface area contributed by atoms with Crippen LogP contribution in [0.25, 0.3) is 0 Å². The lowest BCUT2D eigenvalue weighted by molar-refractivity contribution is 0.452. The minimum Gasteiger partial charge on any atom is -0.439 e. The Balaban J connectivity index is 1.73. The number of hydrogen-bond donors (Lipinski definition) is 2. The molecular formula is C22H27FN6O. The fraction of sp³-hybridized carbons (Fsp3) is 0.318. The third-order valence-corrected chi connectivity index (χ3v) is 4.70. The van der Waals surface area contributed by atoms with E-state index in [4.69, 9.17) is 4.74 Å². The molecule has 1 aromatic carbocycles. The number of aryl methyl sites for hydroxylation is 2. The molecule has 0 fully saturated rings. The second-order valence-corrected chi connectivity index (χ2v) is 6.85. The predicted molar refractivity (Wildman–Crippen MR) is 115 cm³/mol. The first-order valence-corrected chi connectivity index (χ1v) is 9.86. The number of rotatable bonds is 7. The van der Waals surface area contributed by atoms with E-state index in [-0.39, 0.29) is 5.82 Å². The molecule has 8 heteroatoms. The molecule has 0 atom stereocenters. The van der Waals surface area contributed by atoms with Crippen molar-refractivity contribution in [3.05, 3.63) is 70.9 Å². The molecule has 0 saturated carbocycles. The van der Waals surface area contributed by atoms with E-state index < -0.39 is 0 Å². The van der Waals surface area contributed by atoms with Gasteiger partial charge >= 0.3 is 0 Å². The molecular weight excluding hydrogens is 383 g/mol. The lowest BCUT2D eigenvalue weighted by Crippen LogP contribution is -2.37. The fourth-order valence-corrected chi connectivity index (χ4v) is 3.03. The van der Waals surface area contributed by atoms with Crippen molar-refractivity contribution < 1.29 is 9.13 Å². The molecule has 0 aliphatic rings. The van der Waals surface area contributed by atoms with E-state index in [1.807, 2.05) is 44.6 Å². The second kappa shape index (κ2) is 9.87. The van der Waals surface area contributed by atoms with E-state index in [0.717, 1.165) is 29.1 Å². The number of aromatic nitrogens is 3. The van der Waals surface area contributed by atoms with Crippen molar-refractivity contribution >= 4 is 5.96 Å². The molecule has 3 aromatic rings. The van der Waals surface area contributed by atoms with Gasteiger partial charge in [0.2, 0.25) is 5.88 Å². The van der Waals surface area contributed by atoms with E-state index in [2.05, 4.69) is 25.7 Å². The van der Waals surface area contributed by atoms with Gasteiger partial charge in [0.15, 0.2) is 5.96 Å². The van der Waals surface area contributed by atoms with Gasteiger partial charge in [-0.1, -0.05) is 12.1 Å². The summed E-state index contributed by atoms with van der Waals surface area (Å²) in [6.45, 7) is 7.78. The molecule has 3 rings (SSSR count). The smallest absolute Gasteiger partial charge is 0.224 e. The SMILES string of the molecule is CCNC(=NCc1cccnc1Oc1cccc(F)c1)NCc1c(C)nn(C)c1C. The van der Waals surface area contributed by atoms with Gasteiger partial charge in [0, 0.05) is 49.2 Å². The Morgan fingerprint density at radius 2 is 2.03 bits per heavy atom. The van der Waals surface area contributed by atoms with Crippen LogP contribution in [0.5, 0.6) is 11.6 Å². The Morgan fingerprint density at radius 3 is 2.73 bits per heavy atom. The maximum atomic E-state index is 13.4. The highest BCUT2D eigenvalue weighted by molar-refractivity contribution is 5.79. The Kier molecular flexibility index (Phi) is 7.00. The third-order valence-electron chi connectivity index (χ3n) is 4.70. The maximum Gasteiger partial charge on any atom is 0.224 e. The summed E-state index contributed by atoms with van der Waals surface area (Å²) in [5.41, 5.74) is 4.07. The Labute approximate surface area is 176 Å². The molecule has 0 bridgehead atoms. The number of aliphatic imine (C=N–C) groups is 1. The molecule has 0 aliphatic carbocycles. The van der Waals surface area contributed by atoms with Crippen LogP contribution < -0.4 is 15.4 Å². The second-order valence-electron chi connectivity index (χ2n) is 6.85. The van der Waals surface area contributed by atoms with Gasteiger partial charge in [-0.15, -0.1) is 0 Å². The molecule has 2 aromatic heterocycles. The van der Waals surface area contributed by atoms with Crippen molar-refractivity contribution in [3.8, 4) is 11.6 Å². The van der Waals surface area contributed by atoms with Gasteiger partial charge in [-0.3, -0.25) is 4.68 Å². The van der Waals surface area contributed by atoms with Crippen LogP contribution in [0.2, 0.25) is 0 Å². The molecule has 2 heterocycles. The van der Waals surface area contributed by atoms with Gasteiger partial charge in [-0.05, 0) is 39.0 Å². The average Bonchev–Trinajstić information content (AvgIpc) is 2.96. The summed E-state index contributed by atoms with van der Waals surface area (Å²) in [5, 5.41) is 11.1. The molecule has 2 N–H and O–H groups in total. The molecule has 7 nitrogen and oxygen atoms in total. The van der Waals surface area contributed by atoms with Crippen LogP contribution >= 0.6 is 0 Å². The van der Waals surface area contributed by atoms with E-state index in [9.17, 15) is 4.39 Å². The van der Waals surface area contributed by atoms with Gasteiger partial charge in [-0.2, -0.15) is 5.10 Å². The summed E-state index contributed by atoms with van der Waals surface area (Å²) in [6.07, 6.45) is 1.64. The Hall–Kier alpha value is -3.42. The highest BCUT2D eigenvalue weighted by Crippen LogP contribution is 2.24. The minimum atomic E-state index is -0.359.